The standard InChI is InChI=1S/C25H30N2O6/c1-17-9-10-19(33-17)15-26-22(28)13-18-14-25(24(30)31-2)11-5-3-4-8-21(25)27(23(18)29)16-20-7-6-12-32-20/h6-10,12,18H,3-5,11,13-16H2,1-2H3,(H,26,28)/t18-,25-/m0/s1. The Balaban J connectivity index is 1.59. The van der Waals surface area contributed by atoms with E-state index in [9.17, 15) is 14.4 Å². The molecule has 1 N–H and O–H groups in total. The summed E-state index contributed by atoms with van der Waals surface area (Å²) in [5.41, 5.74) is -0.273. The third kappa shape index (κ3) is 4.74. The first kappa shape index (κ1) is 22.9. The molecule has 0 unspecified atom stereocenters. The van der Waals surface area contributed by atoms with E-state index in [1.165, 1.54) is 7.11 Å². The maximum Gasteiger partial charge on any atom is 0.317 e. The first-order valence-corrected chi connectivity index (χ1v) is 11.4. The van der Waals surface area contributed by atoms with E-state index in [1.807, 2.05) is 19.1 Å². The molecule has 1 fully saturated rings. The highest BCUT2D eigenvalue weighted by atomic mass is 16.5. The number of furan rings is 2. The van der Waals surface area contributed by atoms with Crippen LogP contribution in [0.15, 0.2) is 51.1 Å². The fraction of sp³-hybridized carbons (Fsp3) is 0.480. The zero-order valence-corrected chi connectivity index (χ0v) is 19.1. The normalized spacial score (nSPS) is 22.8. The Hall–Kier alpha value is -3.29. The van der Waals surface area contributed by atoms with Crippen molar-refractivity contribution in [3.05, 3.63) is 59.6 Å². The monoisotopic (exact) mass is 454 g/mol. The molecule has 2 aromatic rings. The minimum absolute atomic E-state index is 0.0147. The fourth-order valence-corrected chi connectivity index (χ4v) is 4.98. The predicted molar refractivity (Wildman–Crippen MR) is 118 cm³/mol. The summed E-state index contributed by atoms with van der Waals surface area (Å²) in [7, 11) is 1.37. The first-order valence-electron chi connectivity index (χ1n) is 11.4. The van der Waals surface area contributed by atoms with E-state index in [0.29, 0.717) is 23.6 Å². The van der Waals surface area contributed by atoms with Gasteiger partial charge < -0.3 is 23.8 Å². The van der Waals surface area contributed by atoms with Gasteiger partial charge in [0.15, 0.2) is 0 Å². The summed E-state index contributed by atoms with van der Waals surface area (Å²) in [6, 6.07) is 7.20. The summed E-state index contributed by atoms with van der Waals surface area (Å²) in [5, 5.41) is 2.83. The Morgan fingerprint density at radius 1 is 1.24 bits per heavy atom. The lowest BCUT2D eigenvalue weighted by molar-refractivity contribution is -0.160. The Morgan fingerprint density at radius 3 is 2.79 bits per heavy atom. The van der Waals surface area contributed by atoms with Crippen molar-refractivity contribution in [1.82, 2.24) is 10.2 Å². The summed E-state index contributed by atoms with van der Waals surface area (Å²) >= 11 is 0. The number of likely N-dealkylation sites (tertiary alicyclic amines) is 1. The molecule has 8 heteroatoms. The second-order valence-electron chi connectivity index (χ2n) is 8.81. The number of esters is 1. The zero-order valence-electron chi connectivity index (χ0n) is 19.1. The van der Waals surface area contributed by atoms with Crippen LogP contribution in [0.5, 0.6) is 0 Å². The molecule has 2 amide bonds. The minimum Gasteiger partial charge on any atom is -0.468 e. The molecule has 3 heterocycles. The van der Waals surface area contributed by atoms with Gasteiger partial charge in [-0.15, -0.1) is 0 Å². The van der Waals surface area contributed by atoms with Crippen molar-refractivity contribution in [3.8, 4) is 0 Å². The molecule has 33 heavy (non-hydrogen) atoms. The van der Waals surface area contributed by atoms with Crippen molar-refractivity contribution in [2.24, 2.45) is 11.3 Å². The molecule has 1 aliphatic heterocycles. The largest absolute Gasteiger partial charge is 0.468 e. The number of carbonyl (C=O) groups is 3. The zero-order chi connectivity index (χ0) is 23.4. The molecular formula is C25H30N2O6. The van der Waals surface area contributed by atoms with E-state index < -0.39 is 11.3 Å². The van der Waals surface area contributed by atoms with Gasteiger partial charge in [0.1, 0.15) is 22.7 Å². The summed E-state index contributed by atoms with van der Waals surface area (Å²) in [6.45, 7) is 2.29. The van der Waals surface area contributed by atoms with Gasteiger partial charge in [-0.1, -0.05) is 12.5 Å². The highest BCUT2D eigenvalue weighted by molar-refractivity contribution is 5.92. The number of aryl methyl sites for hydroxylation is 1. The van der Waals surface area contributed by atoms with Crippen LogP contribution in [0.1, 0.15) is 55.8 Å². The number of piperidine rings is 1. The molecule has 1 aliphatic carbocycles. The van der Waals surface area contributed by atoms with Crippen molar-refractivity contribution in [3.63, 3.8) is 0 Å². The predicted octanol–water partition coefficient (Wildman–Crippen LogP) is 3.85. The SMILES string of the molecule is COC(=O)[C@]12CCCCC=C1N(Cc1ccco1)C(=O)[C@@H](CC(=O)NCc1ccc(C)o1)C2. The van der Waals surface area contributed by atoms with E-state index in [2.05, 4.69) is 5.32 Å². The van der Waals surface area contributed by atoms with Crippen LogP contribution in [0.25, 0.3) is 0 Å². The lowest BCUT2D eigenvalue weighted by atomic mass is 9.69. The molecule has 0 aromatic carbocycles. The maximum absolute atomic E-state index is 13.6. The Morgan fingerprint density at radius 2 is 2.09 bits per heavy atom. The molecule has 176 valence electrons. The van der Waals surface area contributed by atoms with E-state index >= 15 is 0 Å². The lowest BCUT2D eigenvalue weighted by Crippen LogP contribution is -2.53. The van der Waals surface area contributed by atoms with E-state index in [0.717, 1.165) is 25.0 Å². The van der Waals surface area contributed by atoms with Gasteiger partial charge in [0.25, 0.3) is 0 Å². The number of rotatable bonds is 7. The molecule has 0 radical (unpaired) electrons. The number of hydrogen-bond acceptors (Lipinski definition) is 6. The van der Waals surface area contributed by atoms with Crippen LogP contribution in [-0.2, 0) is 32.2 Å². The summed E-state index contributed by atoms with van der Waals surface area (Å²) < 4.78 is 16.2. The second kappa shape index (κ2) is 9.68. The Kier molecular flexibility index (Phi) is 6.72. The third-order valence-electron chi connectivity index (χ3n) is 6.54. The number of amides is 2. The average Bonchev–Trinajstić information content (AvgIpc) is 3.42. The van der Waals surface area contributed by atoms with E-state index in [-0.39, 0.29) is 43.7 Å². The van der Waals surface area contributed by atoms with Crippen molar-refractivity contribution in [2.45, 2.75) is 58.5 Å². The molecule has 8 nitrogen and oxygen atoms in total. The van der Waals surface area contributed by atoms with E-state index in [4.69, 9.17) is 13.6 Å². The van der Waals surface area contributed by atoms with E-state index in [1.54, 1.807) is 29.4 Å². The van der Waals surface area contributed by atoms with Gasteiger partial charge in [-0.3, -0.25) is 14.4 Å². The van der Waals surface area contributed by atoms with Gasteiger partial charge in [-0.25, -0.2) is 0 Å². The summed E-state index contributed by atoms with van der Waals surface area (Å²) in [4.78, 5) is 41.1. The molecule has 0 bridgehead atoms. The summed E-state index contributed by atoms with van der Waals surface area (Å²) in [5.74, 6) is 0.588. The first-order chi connectivity index (χ1) is 15.9. The fourth-order valence-electron chi connectivity index (χ4n) is 4.98. The van der Waals surface area contributed by atoms with Gasteiger partial charge in [-0.05, 0) is 56.9 Å². The molecule has 4 rings (SSSR count). The molecule has 2 atom stereocenters. The minimum atomic E-state index is -0.950. The number of methoxy groups -OCH3 is 1. The smallest absolute Gasteiger partial charge is 0.317 e. The van der Waals surface area contributed by atoms with Crippen LogP contribution < -0.4 is 5.32 Å². The van der Waals surface area contributed by atoms with Crippen molar-refractivity contribution < 1.29 is 28.0 Å². The van der Waals surface area contributed by atoms with Gasteiger partial charge in [0.2, 0.25) is 11.8 Å². The topological polar surface area (TPSA) is 102 Å². The number of allylic oxidation sites excluding steroid dienone is 1. The quantitative estimate of drug-likeness (QED) is 0.638. The molecule has 0 spiro atoms. The average molecular weight is 455 g/mol. The number of carbonyl (C=O) groups excluding carboxylic acids is 3. The van der Waals surface area contributed by atoms with Crippen LogP contribution in [-0.4, -0.2) is 29.8 Å². The third-order valence-corrected chi connectivity index (χ3v) is 6.54. The van der Waals surface area contributed by atoms with Crippen LogP contribution in [0.3, 0.4) is 0 Å². The molecule has 1 saturated heterocycles. The molecule has 2 aromatic heterocycles. The maximum atomic E-state index is 13.6. The number of nitrogens with one attached hydrogen (secondary N) is 1. The van der Waals surface area contributed by atoms with Crippen LogP contribution >= 0.6 is 0 Å². The second-order valence-corrected chi connectivity index (χ2v) is 8.81. The van der Waals surface area contributed by atoms with Crippen molar-refractivity contribution in [1.29, 1.82) is 0 Å². The number of fused-ring (bicyclic) bond motifs is 1. The van der Waals surface area contributed by atoms with Crippen LogP contribution in [0, 0.1) is 18.3 Å². The molecular weight excluding hydrogens is 424 g/mol. The number of nitrogens with zero attached hydrogens (tertiary/aromatic N) is 1. The Labute approximate surface area is 192 Å². The van der Waals surface area contributed by atoms with Gasteiger partial charge in [0.05, 0.1) is 26.5 Å². The van der Waals surface area contributed by atoms with Crippen LogP contribution in [0.4, 0.5) is 0 Å². The molecule has 2 aliphatic rings. The van der Waals surface area contributed by atoms with Crippen molar-refractivity contribution >= 4 is 17.8 Å². The Bertz CT molecular complexity index is 1040. The number of ether oxygens (including phenoxy) is 1. The summed E-state index contributed by atoms with van der Waals surface area (Å²) in [6.07, 6.45) is 6.92. The van der Waals surface area contributed by atoms with Gasteiger partial charge in [0, 0.05) is 18.0 Å². The highest BCUT2D eigenvalue weighted by Crippen LogP contribution is 2.49. The van der Waals surface area contributed by atoms with Crippen LogP contribution in [0.2, 0.25) is 0 Å². The highest BCUT2D eigenvalue weighted by Gasteiger charge is 2.54. The number of hydrogen-bond donors (Lipinski definition) is 1. The van der Waals surface area contributed by atoms with Gasteiger partial charge >= 0.3 is 5.97 Å². The lowest BCUT2D eigenvalue weighted by Gasteiger charge is -2.45. The van der Waals surface area contributed by atoms with Gasteiger partial charge in [-0.2, -0.15) is 0 Å². The molecule has 0 saturated carbocycles. The van der Waals surface area contributed by atoms with Crippen molar-refractivity contribution in [2.75, 3.05) is 7.11 Å².